The fraction of sp³-hybridized carbons (Fsp3) is 0.875. The molecule has 0 atom stereocenters. The Morgan fingerprint density at radius 2 is 2.08 bits per heavy atom. The van der Waals surface area contributed by atoms with Crippen LogP contribution < -0.4 is 5.73 Å². The molecule has 1 saturated carbocycles. The van der Waals surface area contributed by atoms with Crippen molar-refractivity contribution in [3.8, 4) is 0 Å². The Labute approximate surface area is 71.7 Å². The third kappa shape index (κ3) is 1.76. The number of ether oxygens (including phenoxy) is 1. The van der Waals surface area contributed by atoms with Gasteiger partial charge in [-0.1, -0.05) is 0 Å². The lowest BCUT2D eigenvalue weighted by Gasteiger charge is -2.31. The maximum absolute atomic E-state index is 11.1. The molecule has 0 aromatic carbocycles. The Bertz CT molecular complexity index is 173. The SMILES string of the molecule is COC(=O)[C@]1(O)CC[C@H](N)CC1. The van der Waals surface area contributed by atoms with E-state index in [1.165, 1.54) is 7.11 Å². The predicted molar refractivity (Wildman–Crippen MR) is 43.4 cm³/mol. The van der Waals surface area contributed by atoms with Crippen LogP contribution in [-0.2, 0) is 9.53 Å². The Morgan fingerprint density at radius 3 is 2.50 bits per heavy atom. The van der Waals surface area contributed by atoms with Crippen LogP contribution in [0.2, 0.25) is 0 Å². The van der Waals surface area contributed by atoms with Crippen molar-refractivity contribution in [1.82, 2.24) is 0 Å². The maximum atomic E-state index is 11.1. The smallest absolute Gasteiger partial charge is 0.337 e. The lowest BCUT2D eigenvalue weighted by Crippen LogP contribution is -2.45. The number of rotatable bonds is 1. The van der Waals surface area contributed by atoms with E-state index in [4.69, 9.17) is 5.73 Å². The average molecular weight is 173 g/mol. The van der Waals surface area contributed by atoms with Gasteiger partial charge < -0.3 is 15.6 Å². The van der Waals surface area contributed by atoms with Crippen molar-refractivity contribution in [3.05, 3.63) is 0 Å². The molecule has 0 radical (unpaired) electrons. The molecule has 3 N–H and O–H groups in total. The largest absolute Gasteiger partial charge is 0.467 e. The molecule has 4 nitrogen and oxygen atoms in total. The highest BCUT2D eigenvalue weighted by molar-refractivity contribution is 5.79. The van der Waals surface area contributed by atoms with Gasteiger partial charge in [0.15, 0.2) is 5.60 Å². The number of esters is 1. The number of nitrogens with two attached hydrogens (primary N) is 1. The lowest BCUT2D eigenvalue weighted by atomic mass is 9.82. The first-order chi connectivity index (χ1) is 5.58. The van der Waals surface area contributed by atoms with Gasteiger partial charge in [-0.05, 0) is 25.7 Å². The highest BCUT2D eigenvalue weighted by Crippen LogP contribution is 2.28. The van der Waals surface area contributed by atoms with Crippen LogP contribution in [0.5, 0.6) is 0 Å². The summed E-state index contributed by atoms with van der Waals surface area (Å²) in [5, 5.41) is 9.73. The van der Waals surface area contributed by atoms with Crippen LogP contribution in [0.3, 0.4) is 0 Å². The number of methoxy groups -OCH3 is 1. The molecule has 0 amide bonds. The van der Waals surface area contributed by atoms with Gasteiger partial charge in [0, 0.05) is 6.04 Å². The van der Waals surface area contributed by atoms with Crippen molar-refractivity contribution in [2.45, 2.75) is 37.3 Å². The summed E-state index contributed by atoms with van der Waals surface area (Å²) in [5.74, 6) is -0.533. The lowest BCUT2D eigenvalue weighted by molar-refractivity contribution is -0.165. The third-order valence-corrected chi connectivity index (χ3v) is 2.42. The Kier molecular flexibility index (Phi) is 2.69. The van der Waals surface area contributed by atoms with Crippen molar-refractivity contribution in [2.75, 3.05) is 7.11 Å². The van der Waals surface area contributed by atoms with E-state index in [-0.39, 0.29) is 6.04 Å². The van der Waals surface area contributed by atoms with Gasteiger partial charge in [-0.2, -0.15) is 0 Å². The van der Waals surface area contributed by atoms with Crippen molar-refractivity contribution < 1.29 is 14.6 Å². The molecule has 1 rings (SSSR count). The second-order valence-corrected chi connectivity index (χ2v) is 3.36. The molecular weight excluding hydrogens is 158 g/mol. The summed E-state index contributed by atoms with van der Waals surface area (Å²) >= 11 is 0. The summed E-state index contributed by atoms with van der Waals surface area (Å²) in [7, 11) is 1.29. The maximum Gasteiger partial charge on any atom is 0.337 e. The number of carbonyl (C=O) groups excluding carboxylic acids is 1. The van der Waals surface area contributed by atoms with E-state index in [0.29, 0.717) is 25.7 Å². The van der Waals surface area contributed by atoms with Gasteiger partial charge in [-0.25, -0.2) is 4.79 Å². The normalized spacial score (nSPS) is 36.1. The number of aliphatic hydroxyl groups is 1. The highest BCUT2D eigenvalue weighted by atomic mass is 16.5. The number of hydrogen-bond donors (Lipinski definition) is 2. The van der Waals surface area contributed by atoms with Gasteiger partial charge in [-0.3, -0.25) is 0 Å². The molecule has 0 saturated heterocycles. The van der Waals surface area contributed by atoms with Crippen molar-refractivity contribution in [2.24, 2.45) is 5.73 Å². The second-order valence-electron chi connectivity index (χ2n) is 3.36. The van der Waals surface area contributed by atoms with E-state index in [1.807, 2.05) is 0 Å². The van der Waals surface area contributed by atoms with E-state index in [9.17, 15) is 9.90 Å². The predicted octanol–water partition coefficient (Wildman–Crippen LogP) is -0.208. The molecule has 4 heteroatoms. The summed E-state index contributed by atoms with van der Waals surface area (Å²) < 4.78 is 4.50. The summed E-state index contributed by atoms with van der Waals surface area (Å²) in [5.41, 5.74) is 4.36. The van der Waals surface area contributed by atoms with Gasteiger partial charge in [0.2, 0.25) is 0 Å². The van der Waals surface area contributed by atoms with Crippen molar-refractivity contribution in [3.63, 3.8) is 0 Å². The van der Waals surface area contributed by atoms with E-state index >= 15 is 0 Å². The minimum absolute atomic E-state index is 0.120. The molecule has 0 spiro atoms. The Hall–Kier alpha value is -0.610. The van der Waals surface area contributed by atoms with Crippen LogP contribution in [-0.4, -0.2) is 29.8 Å². The van der Waals surface area contributed by atoms with Gasteiger partial charge >= 0.3 is 5.97 Å². The van der Waals surface area contributed by atoms with E-state index in [0.717, 1.165) is 0 Å². The Morgan fingerprint density at radius 1 is 1.58 bits per heavy atom. The van der Waals surface area contributed by atoms with E-state index in [2.05, 4.69) is 4.74 Å². The van der Waals surface area contributed by atoms with Crippen LogP contribution in [0.25, 0.3) is 0 Å². The minimum Gasteiger partial charge on any atom is -0.467 e. The van der Waals surface area contributed by atoms with Crippen LogP contribution >= 0.6 is 0 Å². The fourth-order valence-corrected chi connectivity index (χ4v) is 1.51. The molecule has 1 aliphatic rings. The molecule has 12 heavy (non-hydrogen) atoms. The first kappa shape index (κ1) is 9.48. The first-order valence-electron chi connectivity index (χ1n) is 4.15. The zero-order valence-corrected chi connectivity index (χ0v) is 7.25. The number of hydrogen-bond acceptors (Lipinski definition) is 4. The molecule has 0 aliphatic heterocycles. The quantitative estimate of drug-likeness (QED) is 0.538. The molecular formula is C8H15NO3. The van der Waals surface area contributed by atoms with Crippen LogP contribution in [0, 0.1) is 0 Å². The summed E-state index contributed by atoms with van der Waals surface area (Å²) in [4.78, 5) is 11.1. The summed E-state index contributed by atoms with van der Waals surface area (Å²) in [6, 6.07) is 0.120. The zero-order chi connectivity index (χ0) is 9.19. The molecule has 0 aromatic rings. The third-order valence-electron chi connectivity index (χ3n) is 2.42. The van der Waals surface area contributed by atoms with Crippen LogP contribution in [0.4, 0.5) is 0 Å². The topological polar surface area (TPSA) is 72.5 Å². The second kappa shape index (κ2) is 3.41. The van der Waals surface area contributed by atoms with Crippen molar-refractivity contribution in [1.29, 1.82) is 0 Å². The molecule has 0 aromatic heterocycles. The van der Waals surface area contributed by atoms with E-state index in [1.54, 1.807) is 0 Å². The zero-order valence-electron chi connectivity index (χ0n) is 7.25. The van der Waals surface area contributed by atoms with Gasteiger partial charge in [0.1, 0.15) is 0 Å². The van der Waals surface area contributed by atoms with E-state index < -0.39 is 11.6 Å². The summed E-state index contributed by atoms with van der Waals surface area (Å²) in [6.07, 6.45) is 2.21. The van der Waals surface area contributed by atoms with Crippen LogP contribution in [0.15, 0.2) is 0 Å². The van der Waals surface area contributed by atoms with Gasteiger partial charge in [0.25, 0.3) is 0 Å². The molecule has 1 fully saturated rings. The Balaban J connectivity index is 2.55. The fourth-order valence-electron chi connectivity index (χ4n) is 1.51. The molecule has 70 valence electrons. The van der Waals surface area contributed by atoms with Crippen LogP contribution in [0.1, 0.15) is 25.7 Å². The number of carbonyl (C=O) groups is 1. The molecule has 0 heterocycles. The van der Waals surface area contributed by atoms with Gasteiger partial charge in [-0.15, -0.1) is 0 Å². The average Bonchev–Trinajstić information content (AvgIpc) is 2.09. The highest BCUT2D eigenvalue weighted by Gasteiger charge is 2.39. The standard InChI is InChI=1S/C8H15NO3/c1-12-7(10)8(11)4-2-6(9)3-5-8/h6,11H,2-5,9H2,1H3/t6-,8-. The van der Waals surface area contributed by atoms with Crippen molar-refractivity contribution >= 4 is 5.97 Å². The molecule has 1 aliphatic carbocycles. The van der Waals surface area contributed by atoms with Gasteiger partial charge in [0.05, 0.1) is 7.11 Å². The minimum atomic E-state index is -1.27. The first-order valence-corrected chi connectivity index (χ1v) is 4.15. The monoisotopic (exact) mass is 173 g/mol. The molecule has 0 unspecified atom stereocenters. The molecule has 0 bridgehead atoms. The summed E-state index contributed by atoms with van der Waals surface area (Å²) in [6.45, 7) is 0.